The average Bonchev–Trinajstić information content (AvgIpc) is 2.94. The van der Waals surface area contributed by atoms with E-state index in [1.807, 2.05) is 85.8 Å². The Kier molecular flexibility index (Phi) is 7.43. The van der Waals surface area contributed by atoms with Crippen molar-refractivity contribution in [2.75, 3.05) is 10.6 Å². The molecule has 3 N–H and O–H groups in total. The van der Waals surface area contributed by atoms with Crippen LogP contribution >= 0.6 is 0 Å². The molecule has 0 aliphatic carbocycles. The second-order valence-electron chi connectivity index (χ2n) is 9.62. The Bertz CT molecular complexity index is 1560. The Morgan fingerprint density at radius 1 is 0.842 bits per heavy atom. The summed E-state index contributed by atoms with van der Waals surface area (Å²) < 4.78 is 0. The minimum atomic E-state index is -0.151. The van der Waals surface area contributed by atoms with Crippen LogP contribution in [0.4, 0.5) is 17.3 Å². The molecule has 0 bridgehead atoms. The van der Waals surface area contributed by atoms with Gasteiger partial charge in [-0.2, -0.15) is 0 Å². The lowest BCUT2D eigenvalue weighted by Gasteiger charge is -2.13. The molecule has 0 aliphatic rings. The second-order valence-corrected chi connectivity index (χ2v) is 9.62. The molecule has 1 heterocycles. The fourth-order valence-electron chi connectivity index (χ4n) is 4.21. The van der Waals surface area contributed by atoms with Crippen molar-refractivity contribution >= 4 is 34.1 Å². The predicted molar refractivity (Wildman–Crippen MR) is 156 cm³/mol. The summed E-state index contributed by atoms with van der Waals surface area (Å²) >= 11 is 0. The van der Waals surface area contributed by atoms with Gasteiger partial charge in [-0.25, -0.2) is 9.97 Å². The molecular weight excluding hydrogens is 470 g/mol. The van der Waals surface area contributed by atoms with Crippen LogP contribution in [0.3, 0.4) is 0 Å². The van der Waals surface area contributed by atoms with Crippen LogP contribution in [0.25, 0.3) is 22.2 Å². The summed E-state index contributed by atoms with van der Waals surface area (Å²) in [5.74, 6) is 0.351. The summed E-state index contributed by atoms with van der Waals surface area (Å²) in [5, 5.41) is 10.8. The highest BCUT2D eigenvalue weighted by Gasteiger charge is 2.12. The molecule has 6 nitrogen and oxygen atoms in total. The van der Waals surface area contributed by atoms with Crippen LogP contribution in [-0.2, 0) is 6.54 Å². The van der Waals surface area contributed by atoms with Gasteiger partial charge in [-0.05, 0) is 54.4 Å². The monoisotopic (exact) mass is 501 g/mol. The van der Waals surface area contributed by atoms with Gasteiger partial charge in [0.05, 0.1) is 11.2 Å². The van der Waals surface area contributed by atoms with Crippen LogP contribution in [0.2, 0.25) is 0 Å². The van der Waals surface area contributed by atoms with Crippen molar-refractivity contribution in [2.24, 2.45) is 0 Å². The van der Waals surface area contributed by atoms with Gasteiger partial charge in [-0.15, -0.1) is 0 Å². The number of benzene rings is 4. The lowest BCUT2D eigenvalue weighted by molar-refractivity contribution is 0.102. The van der Waals surface area contributed by atoms with E-state index >= 15 is 0 Å². The van der Waals surface area contributed by atoms with Gasteiger partial charge in [-0.3, -0.25) is 4.79 Å². The summed E-state index contributed by atoms with van der Waals surface area (Å²) in [7, 11) is 0. The van der Waals surface area contributed by atoms with Gasteiger partial charge in [-0.1, -0.05) is 74.5 Å². The lowest BCUT2D eigenvalue weighted by Crippen LogP contribution is -2.22. The maximum absolute atomic E-state index is 13.0. The van der Waals surface area contributed by atoms with Crippen LogP contribution in [0.15, 0.2) is 97.1 Å². The fraction of sp³-hybridized carbons (Fsp3) is 0.156. The molecular formula is C32H31N5O. The lowest BCUT2D eigenvalue weighted by atomic mass is 10.1. The summed E-state index contributed by atoms with van der Waals surface area (Å²) in [6, 6.07) is 32.0. The number of hydrogen-bond donors (Lipinski definition) is 3. The van der Waals surface area contributed by atoms with Crippen LogP contribution in [-0.4, -0.2) is 21.9 Å². The Balaban J connectivity index is 1.33. The van der Waals surface area contributed by atoms with Crippen molar-refractivity contribution in [3.05, 3.63) is 114 Å². The van der Waals surface area contributed by atoms with E-state index in [2.05, 4.69) is 35.9 Å². The predicted octanol–water partition coefficient (Wildman–Crippen LogP) is 7.10. The molecule has 0 spiro atoms. The molecule has 0 unspecified atom stereocenters. The first kappa shape index (κ1) is 25.1. The van der Waals surface area contributed by atoms with Crippen molar-refractivity contribution in [1.82, 2.24) is 15.3 Å². The molecule has 5 aromatic rings. The molecule has 0 saturated heterocycles. The maximum atomic E-state index is 13.0. The standard InChI is InChI=1S/C32H31N5O/c1-21(2)33-20-23-14-13-22(3)29(19-23)35-31(38)25-15-17-26(18-16-25)34-32-36-28-12-8-7-11-27(28)30(37-32)24-9-5-4-6-10-24/h4-19,21,33H,20H2,1-3H3,(H,35,38)(H,34,36,37). The Labute approximate surface area is 223 Å². The number of aromatic nitrogens is 2. The molecule has 1 amide bonds. The first-order valence-corrected chi connectivity index (χ1v) is 12.8. The fourth-order valence-corrected chi connectivity index (χ4v) is 4.21. The number of para-hydroxylation sites is 1. The van der Waals surface area contributed by atoms with Crippen LogP contribution in [0.5, 0.6) is 0 Å². The minimum absolute atomic E-state index is 0.151. The van der Waals surface area contributed by atoms with E-state index in [0.29, 0.717) is 17.6 Å². The number of nitrogens with zero attached hydrogens (tertiary/aromatic N) is 2. The smallest absolute Gasteiger partial charge is 0.255 e. The van der Waals surface area contributed by atoms with Gasteiger partial charge < -0.3 is 16.0 Å². The number of aryl methyl sites for hydroxylation is 1. The largest absolute Gasteiger partial charge is 0.324 e. The molecule has 190 valence electrons. The zero-order chi connectivity index (χ0) is 26.5. The number of carbonyl (C=O) groups is 1. The highest BCUT2D eigenvalue weighted by atomic mass is 16.1. The molecule has 0 radical (unpaired) electrons. The Morgan fingerprint density at radius 3 is 2.34 bits per heavy atom. The van der Waals surface area contributed by atoms with Gasteiger partial charge >= 0.3 is 0 Å². The van der Waals surface area contributed by atoms with Gasteiger partial charge in [0.25, 0.3) is 5.91 Å². The van der Waals surface area contributed by atoms with E-state index in [9.17, 15) is 4.79 Å². The van der Waals surface area contributed by atoms with Gasteiger partial charge in [0.1, 0.15) is 0 Å². The molecule has 4 aromatic carbocycles. The molecule has 0 saturated carbocycles. The normalized spacial score (nSPS) is 11.1. The molecule has 38 heavy (non-hydrogen) atoms. The third kappa shape index (κ3) is 5.88. The van der Waals surface area contributed by atoms with E-state index in [0.717, 1.165) is 51.2 Å². The van der Waals surface area contributed by atoms with Crippen LogP contribution < -0.4 is 16.0 Å². The first-order chi connectivity index (χ1) is 18.5. The SMILES string of the molecule is Cc1ccc(CNC(C)C)cc1NC(=O)c1ccc(Nc2nc(-c3ccccc3)c3ccccc3n2)cc1. The molecule has 0 fully saturated rings. The summed E-state index contributed by atoms with van der Waals surface area (Å²) in [6.07, 6.45) is 0. The van der Waals surface area contributed by atoms with Gasteiger partial charge in [0.15, 0.2) is 0 Å². The summed E-state index contributed by atoms with van der Waals surface area (Å²) in [5.41, 5.74) is 7.10. The summed E-state index contributed by atoms with van der Waals surface area (Å²) in [4.78, 5) is 22.5. The van der Waals surface area contributed by atoms with Gasteiger partial charge in [0.2, 0.25) is 5.95 Å². The zero-order valence-corrected chi connectivity index (χ0v) is 21.8. The number of amides is 1. The average molecular weight is 502 g/mol. The third-order valence-electron chi connectivity index (χ3n) is 6.32. The van der Waals surface area contributed by atoms with Crippen LogP contribution in [0, 0.1) is 6.92 Å². The number of fused-ring (bicyclic) bond motifs is 1. The van der Waals surface area contributed by atoms with Crippen molar-refractivity contribution in [2.45, 2.75) is 33.4 Å². The van der Waals surface area contributed by atoms with E-state index in [1.54, 1.807) is 12.1 Å². The molecule has 6 heteroatoms. The Hall–Kier alpha value is -4.55. The van der Waals surface area contributed by atoms with Gasteiger partial charge in [0, 0.05) is 40.5 Å². The van der Waals surface area contributed by atoms with E-state index in [1.165, 1.54) is 0 Å². The number of hydrogen-bond acceptors (Lipinski definition) is 5. The summed E-state index contributed by atoms with van der Waals surface area (Å²) in [6.45, 7) is 6.98. The molecule has 1 aromatic heterocycles. The van der Waals surface area contributed by atoms with Crippen molar-refractivity contribution in [3.8, 4) is 11.3 Å². The van der Waals surface area contributed by atoms with E-state index < -0.39 is 0 Å². The zero-order valence-electron chi connectivity index (χ0n) is 21.8. The van der Waals surface area contributed by atoms with E-state index in [-0.39, 0.29) is 5.91 Å². The van der Waals surface area contributed by atoms with Crippen molar-refractivity contribution in [3.63, 3.8) is 0 Å². The highest BCUT2D eigenvalue weighted by molar-refractivity contribution is 6.05. The van der Waals surface area contributed by atoms with Crippen LogP contribution in [0.1, 0.15) is 35.3 Å². The maximum Gasteiger partial charge on any atom is 0.255 e. The Morgan fingerprint density at radius 2 is 1.58 bits per heavy atom. The molecule has 0 atom stereocenters. The van der Waals surface area contributed by atoms with Crippen molar-refractivity contribution < 1.29 is 4.79 Å². The quantitative estimate of drug-likeness (QED) is 0.211. The number of rotatable bonds is 8. The highest BCUT2D eigenvalue weighted by Crippen LogP contribution is 2.28. The number of carbonyl (C=O) groups excluding carboxylic acids is 1. The first-order valence-electron chi connectivity index (χ1n) is 12.8. The number of nitrogens with one attached hydrogen (secondary N) is 3. The minimum Gasteiger partial charge on any atom is -0.324 e. The van der Waals surface area contributed by atoms with E-state index in [4.69, 9.17) is 9.97 Å². The number of anilines is 3. The topological polar surface area (TPSA) is 78.9 Å². The second kappa shape index (κ2) is 11.2. The molecule has 5 rings (SSSR count). The molecule has 0 aliphatic heterocycles. The third-order valence-corrected chi connectivity index (χ3v) is 6.32. The van der Waals surface area contributed by atoms with Crippen molar-refractivity contribution in [1.29, 1.82) is 0 Å².